The molecule has 0 radical (unpaired) electrons. The summed E-state index contributed by atoms with van der Waals surface area (Å²) in [4.78, 5) is 11.9. The van der Waals surface area contributed by atoms with E-state index in [2.05, 4.69) is 44.8 Å². The number of nitrogens with one attached hydrogen (secondary N) is 1. The molecular weight excluding hydrogens is 260 g/mol. The van der Waals surface area contributed by atoms with Crippen LogP contribution >= 0.6 is 0 Å². The molecule has 1 aromatic heterocycles. The van der Waals surface area contributed by atoms with Gasteiger partial charge in [0.1, 0.15) is 5.82 Å². The quantitative estimate of drug-likeness (QED) is 0.759. The van der Waals surface area contributed by atoms with E-state index in [9.17, 15) is 0 Å². The molecule has 0 bridgehead atoms. The van der Waals surface area contributed by atoms with E-state index >= 15 is 0 Å². The second-order valence-corrected chi connectivity index (χ2v) is 5.93. The van der Waals surface area contributed by atoms with Crippen LogP contribution in [0.4, 0.5) is 0 Å². The maximum atomic E-state index is 4.73. The highest BCUT2D eigenvalue weighted by atomic mass is 15.1. The van der Waals surface area contributed by atoms with Crippen LogP contribution in [-0.4, -0.2) is 48.1 Å². The fourth-order valence-electron chi connectivity index (χ4n) is 2.78. The van der Waals surface area contributed by atoms with E-state index < -0.39 is 0 Å². The molecule has 120 valence electrons. The lowest BCUT2D eigenvalue weighted by atomic mass is 9.98. The first-order valence-corrected chi connectivity index (χ1v) is 8.21. The molecule has 0 saturated carbocycles. The van der Waals surface area contributed by atoms with Gasteiger partial charge in [-0.3, -0.25) is 0 Å². The highest BCUT2D eigenvalue weighted by Gasteiger charge is 2.12. The highest BCUT2D eigenvalue weighted by Crippen LogP contribution is 2.15. The second kappa shape index (κ2) is 9.11. The van der Waals surface area contributed by atoms with Gasteiger partial charge in [0.05, 0.1) is 0 Å². The second-order valence-electron chi connectivity index (χ2n) is 5.93. The highest BCUT2D eigenvalue weighted by molar-refractivity contribution is 5.25. The smallest absolute Gasteiger partial charge is 0.130 e. The van der Waals surface area contributed by atoms with Gasteiger partial charge in [0, 0.05) is 24.4 Å². The number of likely N-dealkylation sites (N-methyl/N-ethyl adjacent to an activating group) is 1. The molecule has 0 aliphatic heterocycles. The Balaban J connectivity index is 2.74. The molecule has 1 N–H and O–H groups in total. The fourth-order valence-corrected chi connectivity index (χ4v) is 2.78. The predicted molar refractivity (Wildman–Crippen MR) is 89.8 cm³/mol. The van der Waals surface area contributed by atoms with Crippen molar-refractivity contribution in [2.75, 3.05) is 33.2 Å². The van der Waals surface area contributed by atoms with Crippen molar-refractivity contribution in [1.29, 1.82) is 0 Å². The maximum absolute atomic E-state index is 4.73. The summed E-state index contributed by atoms with van der Waals surface area (Å²) in [6, 6.07) is 0. The zero-order valence-electron chi connectivity index (χ0n) is 14.7. The molecule has 21 heavy (non-hydrogen) atoms. The Morgan fingerprint density at radius 2 is 1.67 bits per heavy atom. The van der Waals surface area contributed by atoms with Crippen molar-refractivity contribution in [2.45, 2.75) is 47.5 Å². The van der Waals surface area contributed by atoms with E-state index in [1.807, 2.05) is 7.05 Å². The van der Waals surface area contributed by atoms with E-state index in [0.29, 0.717) is 5.92 Å². The number of hydrogen-bond acceptors (Lipinski definition) is 4. The van der Waals surface area contributed by atoms with E-state index in [4.69, 9.17) is 9.97 Å². The van der Waals surface area contributed by atoms with E-state index in [1.54, 1.807) is 0 Å². The zero-order chi connectivity index (χ0) is 15.8. The molecule has 1 rings (SSSR count). The normalized spacial score (nSPS) is 12.9. The summed E-state index contributed by atoms with van der Waals surface area (Å²) in [5.74, 6) is 1.60. The molecule has 0 fully saturated rings. The van der Waals surface area contributed by atoms with E-state index in [-0.39, 0.29) is 0 Å². The molecule has 0 aromatic carbocycles. The number of hydrogen-bond donors (Lipinski definition) is 1. The molecular formula is C17H32N4. The summed E-state index contributed by atoms with van der Waals surface area (Å²) in [5, 5.41) is 3.24. The van der Waals surface area contributed by atoms with Crippen molar-refractivity contribution in [3.05, 3.63) is 22.8 Å². The largest absolute Gasteiger partial charge is 0.319 e. The molecule has 1 heterocycles. The third-order valence-corrected chi connectivity index (χ3v) is 4.12. The van der Waals surface area contributed by atoms with Crippen LogP contribution in [0.5, 0.6) is 0 Å². The van der Waals surface area contributed by atoms with Crippen LogP contribution in [0.15, 0.2) is 0 Å². The van der Waals surface area contributed by atoms with Crippen molar-refractivity contribution in [2.24, 2.45) is 5.92 Å². The van der Waals surface area contributed by atoms with Gasteiger partial charge >= 0.3 is 0 Å². The molecule has 1 atom stereocenters. The van der Waals surface area contributed by atoms with Crippen LogP contribution in [0, 0.1) is 19.8 Å². The monoisotopic (exact) mass is 292 g/mol. The molecule has 0 saturated heterocycles. The first-order chi connectivity index (χ1) is 10.0. The number of aryl methyl sites for hydroxylation is 2. The van der Waals surface area contributed by atoms with Crippen molar-refractivity contribution in [3.63, 3.8) is 0 Å². The van der Waals surface area contributed by atoms with Crippen molar-refractivity contribution < 1.29 is 0 Å². The van der Waals surface area contributed by atoms with Crippen molar-refractivity contribution in [3.8, 4) is 0 Å². The Morgan fingerprint density at radius 3 is 2.14 bits per heavy atom. The first kappa shape index (κ1) is 18.1. The summed E-state index contributed by atoms with van der Waals surface area (Å²) >= 11 is 0. The summed E-state index contributed by atoms with van der Waals surface area (Å²) in [5.41, 5.74) is 3.63. The third-order valence-electron chi connectivity index (χ3n) is 4.12. The average molecular weight is 292 g/mol. The van der Waals surface area contributed by atoms with Gasteiger partial charge in [0.25, 0.3) is 0 Å². The van der Waals surface area contributed by atoms with Crippen LogP contribution in [0.1, 0.15) is 43.5 Å². The van der Waals surface area contributed by atoms with Gasteiger partial charge in [0.15, 0.2) is 0 Å². The van der Waals surface area contributed by atoms with Gasteiger partial charge in [-0.05, 0) is 58.4 Å². The Morgan fingerprint density at radius 1 is 1.10 bits per heavy atom. The number of nitrogens with zero attached hydrogens (tertiary/aromatic N) is 3. The van der Waals surface area contributed by atoms with Crippen LogP contribution < -0.4 is 5.32 Å². The van der Waals surface area contributed by atoms with Crippen LogP contribution in [0.25, 0.3) is 0 Å². The number of rotatable bonds is 9. The van der Waals surface area contributed by atoms with E-state index in [1.165, 1.54) is 5.56 Å². The molecule has 4 heteroatoms. The minimum Gasteiger partial charge on any atom is -0.319 e. The Bertz CT molecular complexity index is 404. The van der Waals surface area contributed by atoms with Gasteiger partial charge in [0.2, 0.25) is 0 Å². The Labute approximate surface area is 130 Å². The average Bonchev–Trinajstić information content (AvgIpc) is 2.44. The summed E-state index contributed by atoms with van der Waals surface area (Å²) in [6.07, 6.45) is 1.99. The van der Waals surface area contributed by atoms with E-state index in [0.717, 1.165) is 56.2 Å². The van der Waals surface area contributed by atoms with Crippen molar-refractivity contribution in [1.82, 2.24) is 20.2 Å². The van der Waals surface area contributed by atoms with Crippen molar-refractivity contribution >= 4 is 0 Å². The van der Waals surface area contributed by atoms with Gasteiger partial charge < -0.3 is 10.2 Å². The fraction of sp³-hybridized carbons (Fsp3) is 0.765. The SMILES string of the molecule is CCN(CC)CCc1nc(C)c(CC(C)CNC)c(C)n1. The zero-order valence-corrected chi connectivity index (χ0v) is 14.7. The predicted octanol–water partition coefficient (Wildman–Crippen LogP) is 2.38. The lowest BCUT2D eigenvalue weighted by molar-refractivity contribution is 0.305. The molecule has 0 spiro atoms. The summed E-state index contributed by atoms with van der Waals surface area (Å²) < 4.78 is 0. The van der Waals surface area contributed by atoms with Gasteiger partial charge in [-0.25, -0.2) is 9.97 Å². The molecule has 4 nitrogen and oxygen atoms in total. The topological polar surface area (TPSA) is 41.1 Å². The van der Waals surface area contributed by atoms with Gasteiger partial charge in [-0.15, -0.1) is 0 Å². The summed E-state index contributed by atoms with van der Waals surface area (Å²) in [6.45, 7) is 15.2. The van der Waals surface area contributed by atoms with Crippen LogP contribution in [0.3, 0.4) is 0 Å². The minimum absolute atomic E-state index is 0.609. The molecule has 1 unspecified atom stereocenters. The van der Waals surface area contributed by atoms with Crippen LogP contribution in [0.2, 0.25) is 0 Å². The summed E-state index contributed by atoms with van der Waals surface area (Å²) in [7, 11) is 2.00. The lowest BCUT2D eigenvalue weighted by Crippen LogP contribution is -2.26. The standard InChI is InChI=1S/C17H32N4/c1-7-21(8-2)10-9-17-19-14(4)16(15(5)20-17)11-13(3)12-18-6/h13,18H,7-12H2,1-6H3. The third kappa shape index (κ3) is 5.71. The molecule has 1 aromatic rings. The first-order valence-electron chi connectivity index (χ1n) is 8.21. The molecule has 0 amide bonds. The molecule has 0 aliphatic carbocycles. The Kier molecular flexibility index (Phi) is 7.83. The molecule has 0 aliphatic rings. The Hall–Kier alpha value is -1.00. The number of aromatic nitrogens is 2. The maximum Gasteiger partial charge on any atom is 0.130 e. The lowest BCUT2D eigenvalue weighted by Gasteiger charge is -2.18. The van der Waals surface area contributed by atoms with Crippen LogP contribution in [-0.2, 0) is 12.8 Å². The minimum atomic E-state index is 0.609. The van der Waals surface area contributed by atoms with Gasteiger partial charge in [-0.1, -0.05) is 20.8 Å². The van der Waals surface area contributed by atoms with Gasteiger partial charge in [-0.2, -0.15) is 0 Å².